The zero-order valence-corrected chi connectivity index (χ0v) is 9.75. The zero-order valence-electron chi connectivity index (χ0n) is 9.75. The minimum absolute atomic E-state index is 0.329. The summed E-state index contributed by atoms with van der Waals surface area (Å²) in [6, 6.07) is 5.19. The average Bonchev–Trinajstić information content (AvgIpc) is 2.28. The molecule has 0 radical (unpaired) electrons. The van der Waals surface area contributed by atoms with Crippen LogP contribution < -0.4 is 11.1 Å². The van der Waals surface area contributed by atoms with Crippen molar-refractivity contribution in [3.05, 3.63) is 23.8 Å². The maximum Gasteiger partial charge on any atom is 0.340 e. The van der Waals surface area contributed by atoms with Gasteiger partial charge in [0.15, 0.2) is 0 Å². The van der Waals surface area contributed by atoms with Crippen LogP contribution in [0.3, 0.4) is 0 Å². The number of anilines is 2. The van der Waals surface area contributed by atoms with E-state index in [2.05, 4.69) is 5.32 Å². The Kier molecular flexibility index (Phi) is 4.64. The molecule has 1 aromatic rings. The number of nitrogens with one attached hydrogen (secondary N) is 1. The first kappa shape index (κ1) is 12.4. The smallest absolute Gasteiger partial charge is 0.340 e. The van der Waals surface area contributed by atoms with Crippen molar-refractivity contribution in [3.63, 3.8) is 0 Å². The molecule has 1 aromatic carbocycles. The van der Waals surface area contributed by atoms with Crippen LogP contribution >= 0.6 is 0 Å². The lowest BCUT2D eigenvalue weighted by Crippen LogP contribution is -2.10. The van der Waals surface area contributed by atoms with Crippen LogP contribution in [-0.2, 0) is 4.74 Å². The SMILES string of the molecule is CCCOC(=O)c1cc(N)ccc1NCC. The van der Waals surface area contributed by atoms with Crippen molar-refractivity contribution in [2.24, 2.45) is 0 Å². The Bertz CT molecular complexity index is 364. The Morgan fingerprint density at radius 1 is 1.44 bits per heavy atom. The number of nitrogens with two attached hydrogens (primary N) is 1. The molecule has 0 heterocycles. The average molecular weight is 222 g/mol. The molecule has 0 amide bonds. The highest BCUT2D eigenvalue weighted by Gasteiger charge is 2.12. The van der Waals surface area contributed by atoms with Crippen molar-refractivity contribution in [2.75, 3.05) is 24.2 Å². The molecule has 4 heteroatoms. The predicted octanol–water partition coefficient (Wildman–Crippen LogP) is 2.27. The van der Waals surface area contributed by atoms with E-state index in [1.807, 2.05) is 13.8 Å². The van der Waals surface area contributed by atoms with Gasteiger partial charge in [0, 0.05) is 17.9 Å². The number of esters is 1. The van der Waals surface area contributed by atoms with E-state index in [9.17, 15) is 4.79 Å². The Balaban J connectivity index is 2.90. The monoisotopic (exact) mass is 222 g/mol. The van der Waals surface area contributed by atoms with E-state index in [0.717, 1.165) is 18.7 Å². The predicted molar refractivity (Wildman–Crippen MR) is 65.6 cm³/mol. The van der Waals surface area contributed by atoms with Crippen LogP contribution in [-0.4, -0.2) is 19.1 Å². The number of rotatable bonds is 5. The highest BCUT2D eigenvalue weighted by molar-refractivity contribution is 5.96. The largest absolute Gasteiger partial charge is 0.462 e. The molecule has 1 rings (SSSR count). The minimum atomic E-state index is -0.329. The lowest BCUT2D eigenvalue weighted by molar-refractivity contribution is 0.0506. The molecule has 0 saturated carbocycles. The van der Waals surface area contributed by atoms with Crippen molar-refractivity contribution >= 4 is 17.3 Å². The fourth-order valence-electron chi connectivity index (χ4n) is 1.35. The molecule has 0 spiro atoms. The van der Waals surface area contributed by atoms with Crippen LogP contribution in [0.5, 0.6) is 0 Å². The summed E-state index contributed by atoms with van der Waals surface area (Å²) in [5.41, 5.74) is 7.47. The second-order valence-electron chi connectivity index (χ2n) is 3.47. The summed E-state index contributed by atoms with van der Waals surface area (Å²) in [5, 5.41) is 3.10. The minimum Gasteiger partial charge on any atom is -0.462 e. The summed E-state index contributed by atoms with van der Waals surface area (Å²) >= 11 is 0. The number of hydrogen-bond acceptors (Lipinski definition) is 4. The van der Waals surface area contributed by atoms with E-state index in [4.69, 9.17) is 10.5 Å². The van der Waals surface area contributed by atoms with Gasteiger partial charge in [0.1, 0.15) is 0 Å². The Morgan fingerprint density at radius 2 is 2.19 bits per heavy atom. The van der Waals surface area contributed by atoms with Crippen molar-refractivity contribution in [2.45, 2.75) is 20.3 Å². The van der Waals surface area contributed by atoms with Crippen LogP contribution in [0.2, 0.25) is 0 Å². The fourth-order valence-corrected chi connectivity index (χ4v) is 1.35. The summed E-state index contributed by atoms with van der Waals surface area (Å²) < 4.78 is 5.08. The van der Waals surface area contributed by atoms with E-state index >= 15 is 0 Å². The molecule has 16 heavy (non-hydrogen) atoms. The molecule has 0 aliphatic rings. The Labute approximate surface area is 95.8 Å². The van der Waals surface area contributed by atoms with Gasteiger partial charge in [-0.3, -0.25) is 0 Å². The van der Waals surface area contributed by atoms with Gasteiger partial charge in [-0.25, -0.2) is 4.79 Å². The molecule has 0 fully saturated rings. The van der Waals surface area contributed by atoms with Gasteiger partial charge < -0.3 is 15.8 Å². The molecule has 4 nitrogen and oxygen atoms in total. The molecule has 0 bridgehead atoms. The number of carbonyl (C=O) groups is 1. The standard InChI is InChI=1S/C12H18N2O2/c1-3-7-16-12(15)10-8-9(13)5-6-11(10)14-4-2/h5-6,8,14H,3-4,7,13H2,1-2H3. The van der Waals surface area contributed by atoms with Gasteiger partial charge in [0.2, 0.25) is 0 Å². The van der Waals surface area contributed by atoms with Crippen molar-refractivity contribution in [3.8, 4) is 0 Å². The van der Waals surface area contributed by atoms with Gasteiger partial charge >= 0.3 is 5.97 Å². The fraction of sp³-hybridized carbons (Fsp3) is 0.417. The van der Waals surface area contributed by atoms with Crippen LogP contribution in [0.4, 0.5) is 11.4 Å². The topological polar surface area (TPSA) is 64.3 Å². The first-order valence-corrected chi connectivity index (χ1v) is 5.49. The van der Waals surface area contributed by atoms with E-state index < -0.39 is 0 Å². The summed E-state index contributed by atoms with van der Waals surface area (Å²) in [4.78, 5) is 11.7. The normalized spacial score (nSPS) is 9.88. The molecule has 0 aromatic heterocycles. The molecule has 0 aliphatic heterocycles. The Morgan fingerprint density at radius 3 is 2.81 bits per heavy atom. The molecule has 0 unspecified atom stereocenters. The molecule has 88 valence electrons. The van der Waals surface area contributed by atoms with E-state index in [0.29, 0.717) is 17.9 Å². The van der Waals surface area contributed by atoms with E-state index in [-0.39, 0.29) is 5.97 Å². The number of benzene rings is 1. The molecule has 3 N–H and O–H groups in total. The maximum atomic E-state index is 11.7. The van der Waals surface area contributed by atoms with Gasteiger partial charge in [0.05, 0.1) is 12.2 Å². The lowest BCUT2D eigenvalue weighted by Gasteiger charge is -2.10. The van der Waals surface area contributed by atoms with Gasteiger partial charge in [0.25, 0.3) is 0 Å². The molecule has 0 atom stereocenters. The van der Waals surface area contributed by atoms with Gasteiger partial charge in [-0.1, -0.05) is 6.92 Å². The van der Waals surface area contributed by atoms with Crippen molar-refractivity contribution < 1.29 is 9.53 Å². The number of nitrogen functional groups attached to an aromatic ring is 1. The van der Waals surface area contributed by atoms with Crippen LogP contribution in [0.15, 0.2) is 18.2 Å². The second-order valence-corrected chi connectivity index (χ2v) is 3.47. The lowest BCUT2D eigenvalue weighted by atomic mass is 10.1. The first-order chi connectivity index (χ1) is 7.69. The summed E-state index contributed by atoms with van der Waals surface area (Å²) in [7, 11) is 0. The van der Waals surface area contributed by atoms with Crippen LogP contribution in [0.1, 0.15) is 30.6 Å². The molecule has 0 saturated heterocycles. The van der Waals surface area contributed by atoms with E-state index in [1.54, 1.807) is 18.2 Å². The van der Waals surface area contributed by atoms with Crippen molar-refractivity contribution in [1.29, 1.82) is 0 Å². The van der Waals surface area contributed by atoms with E-state index in [1.165, 1.54) is 0 Å². The number of ether oxygens (including phenoxy) is 1. The zero-order chi connectivity index (χ0) is 12.0. The third kappa shape index (κ3) is 3.15. The third-order valence-corrected chi connectivity index (χ3v) is 2.07. The van der Waals surface area contributed by atoms with Crippen LogP contribution in [0, 0.1) is 0 Å². The number of hydrogen-bond donors (Lipinski definition) is 2. The molecular weight excluding hydrogens is 204 g/mol. The summed E-state index contributed by atoms with van der Waals surface area (Å²) in [6.45, 7) is 5.10. The van der Waals surface area contributed by atoms with Crippen LogP contribution in [0.25, 0.3) is 0 Å². The Hall–Kier alpha value is -1.71. The van der Waals surface area contributed by atoms with Gasteiger partial charge in [-0.15, -0.1) is 0 Å². The summed E-state index contributed by atoms with van der Waals surface area (Å²) in [6.07, 6.45) is 0.810. The molecular formula is C12H18N2O2. The maximum absolute atomic E-state index is 11.7. The third-order valence-electron chi connectivity index (χ3n) is 2.07. The molecule has 0 aliphatic carbocycles. The van der Waals surface area contributed by atoms with Crippen molar-refractivity contribution in [1.82, 2.24) is 0 Å². The van der Waals surface area contributed by atoms with Gasteiger partial charge in [-0.05, 0) is 31.5 Å². The second kappa shape index (κ2) is 6.00. The summed E-state index contributed by atoms with van der Waals surface area (Å²) in [5.74, 6) is -0.329. The highest BCUT2D eigenvalue weighted by Crippen LogP contribution is 2.19. The van der Waals surface area contributed by atoms with Gasteiger partial charge in [-0.2, -0.15) is 0 Å². The quantitative estimate of drug-likeness (QED) is 0.592. The highest BCUT2D eigenvalue weighted by atomic mass is 16.5. The number of carbonyl (C=O) groups excluding carboxylic acids is 1. The first-order valence-electron chi connectivity index (χ1n) is 5.49.